The first-order chi connectivity index (χ1) is 26.3. The van der Waals surface area contributed by atoms with Gasteiger partial charge in [0, 0.05) is 33.0 Å². The van der Waals surface area contributed by atoms with Gasteiger partial charge in [-0.25, -0.2) is 15.0 Å². The summed E-state index contributed by atoms with van der Waals surface area (Å²) in [5.41, 5.74) is 10.7. The maximum atomic E-state index is 5.19. The quantitative estimate of drug-likeness (QED) is 0.176. The van der Waals surface area contributed by atoms with Crippen LogP contribution in [0.25, 0.3) is 94.7 Å². The summed E-state index contributed by atoms with van der Waals surface area (Å²) in [5, 5.41) is 4.86. The van der Waals surface area contributed by atoms with Crippen molar-refractivity contribution in [1.82, 2.24) is 19.5 Å². The van der Waals surface area contributed by atoms with Crippen LogP contribution in [0.3, 0.4) is 0 Å². The molecule has 10 rings (SSSR count). The Labute approximate surface area is 307 Å². The summed E-state index contributed by atoms with van der Waals surface area (Å²) < 4.78 is 2.41. The lowest BCUT2D eigenvalue weighted by Gasteiger charge is -2.16. The Hall–Kier alpha value is -7.17. The Kier molecular flexibility index (Phi) is 7.43. The molecule has 4 nitrogen and oxygen atoms in total. The van der Waals surface area contributed by atoms with Crippen LogP contribution in [0.5, 0.6) is 0 Å². The van der Waals surface area contributed by atoms with Crippen molar-refractivity contribution in [2.24, 2.45) is 0 Å². The van der Waals surface area contributed by atoms with Gasteiger partial charge in [-0.2, -0.15) is 0 Å². The third-order valence-electron chi connectivity index (χ3n) is 10.0. The van der Waals surface area contributed by atoms with Crippen molar-refractivity contribution in [2.75, 3.05) is 0 Å². The number of fused-ring (bicyclic) bond motifs is 4. The van der Waals surface area contributed by atoms with Crippen LogP contribution in [0.4, 0.5) is 0 Å². The van der Waals surface area contributed by atoms with E-state index in [9.17, 15) is 0 Å². The SMILES string of the molecule is c1ccc(-c2cccc(-c3nc(-c4ccccc4)nc(-c4ccc(-c5ccccc5)c(-n5c6ccccc6c6cc7ccccc7cc65)c4)n3)c2)cc1. The monoisotopic (exact) mass is 676 g/mol. The minimum atomic E-state index is 0.617. The van der Waals surface area contributed by atoms with E-state index in [1.807, 2.05) is 24.3 Å². The van der Waals surface area contributed by atoms with Crippen LogP contribution in [0.15, 0.2) is 194 Å². The summed E-state index contributed by atoms with van der Waals surface area (Å²) in [6, 6.07) is 68.1. The second kappa shape index (κ2) is 12.9. The third kappa shape index (κ3) is 5.54. The lowest BCUT2D eigenvalue weighted by molar-refractivity contribution is 1.07. The first-order valence-electron chi connectivity index (χ1n) is 17.9. The number of rotatable bonds is 6. The minimum absolute atomic E-state index is 0.617. The van der Waals surface area contributed by atoms with Crippen molar-refractivity contribution < 1.29 is 0 Å². The van der Waals surface area contributed by atoms with E-state index in [0.717, 1.165) is 55.7 Å². The van der Waals surface area contributed by atoms with Gasteiger partial charge in [-0.15, -0.1) is 0 Å². The standard InChI is InChI=1S/C49H32N4/c1-4-15-33(16-5-1)36-23-14-24-39(29-36)48-50-47(35-19-8-3-9-20-35)51-49(52-48)40-27-28-41(34-17-6-2-7-18-34)45(32-40)53-44-26-13-12-25-42(44)43-30-37-21-10-11-22-38(37)31-46(43)53/h1-32H. The molecule has 2 aromatic heterocycles. The zero-order chi connectivity index (χ0) is 35.1. The van der Waals surface area contributed by atoms with Gasteiger partial charge in [-0.1, -0.05) is 164 Å². The molecule has 0 saturated carbocycles. The maximum Gasteiger partial charge on any atom is 0.164 e. The highest BCUT2D eigenvalue weighted by atomic mass is 15.0. The first-order valence-corrected chi connectivity index (χ1v) is 17.9. The van der Waals surface area contributed by atoms with Crippen LogP contribution >= 0.6 is 0 Å². The molecule has 8 aromatic carbocycles. The Balaban J connectivity index is 1.23. The molecule has 53 heavy (non-hydrogen) atoms. The second-order valence-electron chi connectivity index (χ2n) is 13.3. The average molecular weight is 677 g/mol. The van der Waals surface area contributed by atoms with E-state index >= 15 is 0 Å². The fraction of sp³-hybridized carbons (Fsp3) is 0. The molecule has 0 aliphatic rings. The Morgan fingerprint density at radius 2 is 0.830 bits per heavy atom. The first kappa shape index (κ1) is 30.6. The molecule has 2 heterocycles. The molecule has 0 bridgehead atoms. The van der Waals surface area contributed by atoms with E-state index in [0.29, 0.717) is 17.5 Å². The predicted molar refractivity (Wildman–Crippen MR) is 219 cm³/mol. The fourth-order valence-corrected chi connectivity index (χ4v) is 7.45. The van der Waals surface area contributed by atoms with Crippen LogP contribution < -0.4 is 0 Å². The summed E-state index contributed by atoms with van der Waals surface area (Å²) >= 11 is 0. The Bertz CT molecular complexity index is 2930. The van der Waals surface area contributed by atoms with Crippen molar-refractivity contribution in [3.8, 4) is 62.1 Å². The summed E-state index contributed by atoms with van der Waals surface area (Å²) in [7, 11) is 0. The summed E-state index contributed by atoms with van der Waals surface area (Å²) in [6.07, 6.45) is 0. The van der Waals surface area contributed by atoms with Crippen molar-refractivity contribution in [3.05, 3.63) is 194 Å². The molecule has 0 spiro atoms. The highest BCUT2D eigenvalue weighted by Gasteiger charge is 2.19. The summed E-state index contributed by atoms with van der Waals surface area (Å²) in [6.45, 7) is 0. The highest BCUT2D eigenvalue weighted by Crippen LogP contribution is 2.39. The van der Waals surface area contributed by atoms with E-state index in [1.54, 1.807) is 0 Å². The molecule has 0 N–H and O–H groups in total. The molecule has 10 aromatic rings. The number of benzene rings is 8. The van der Waals surface area contributed by atoms with Gasteiger partial charge in [0.2, 0.25) is 0 Å². The molecule has 4 heteroatoms. The second-order valence-corrected chi connectivity index (χ2v) is 13.3. The van der Waals surface area contributed by atoms with Gasteiger partial charge >= 0.3 is 0 Å². The lowest BCUT2D eigenvalue weighted by atomic mass is 10.00. The largest absolute Gasteiger partial charge is 0.309 e. The van der Waals surface area contributed by atoms with E-state index < -0.39 is 0 Å². The number of hydrogen-bond acceptors (Lipinski definition) is 3. The van der Waals surface area contributed by atoms with Crippen LogP contribution in [0, 0.1) is 0 Å². The molecule has 0 aliphatic heterocycles. The molecule has 0 fully saturated rings. The molecular weight excluding hydrogens is 645 g/mol. The Morgan fingerprint density at radius 1 is 0.302 bits per heavy atom. The number of nitrogens with zero attached hydrogens (tertiary/aromatic N) is 4. The third-order valence-corrected chi connectivity index (χ3v) is 10.0. The number of para-hydroxylation sites is 1. The normalized spacial score (nSPS) is 11.4. The highest BCUT2D eigenvalue weighted by molar-refractivity contribution is 6.14. The van der Waals surface area contributed by atoms with Crippen molar-refractivity contribution in [2.45, 2.75) is 0 Å². The van der Waals surface area contributed by atoms with E-state index in [4.69, 9.17) is 15.0 Å². The van der Waals surface area contributed by atoms with Gasteiger partial charge in [0.1, 0.15) is 0 Å². The molecular formula is C49H32N4. The van der Waals surface area contributed by atoms with E-state index in [2.05, 4.69) is 174 Å². The topological polar surface area (TPSA) is 43.6 Å². The summed E-state index contributed by atoms with van der Waals surface area (Å²) in [4.78, 5) is 15.4. The van der Waals surface area contributed by atoms with E-state index in [-0.39, 0.29) is 0 Å². The predicted octanol–water partition coefficient (Wildman–Crippen LogP) is 12.5. The molecule has 0 amide bonds. The number of aromatic nitrogens is 4. The fourth-order valence-electron chi connectivity index (χ4n) is 7.45. The van der Waals surface area contributed by atoms with Crippen molar-refractivity contribution in [3.63, 3.8) is 0 Å². The average Bonchev–Trinajstić information content (AvgIpc) is 3.56. The van der Waals surface area contributed by atoms with Crippen LogP contribution in [0.1, 0.15) is 0 Å². The van der Waals surface area contributed by atoms with Gasteiger partial charge < -0.3 is 4.57 Å². The minimum Gasteiger partial charge on any atom is -0.309 e. The van der Waals surface area contributed by atoms with Gasteiger partial charge in [0.25, 0.3) is 0 Å². The molecule has 248 valence electrons. The molecule has 0 unspecified atom stereocenters. The van der Waals surface area contributed by atoms with Gasteiger partial charge in [-0.3, -0.25) is 0 Å². The van der Waals surface area contributed by atoms with Crippen LogP contribution in [-0.4, -0.2) is 19.5 Å². The van der Waals surface area contributed by atoms with Crippen molar-refractivity contribution in [1.29, 1.82) is 0 Å². The molecule has 0 atom stereocenters. The Morgan fingerprint density at radius 3 is 1.55 bits per heavy atom. The number of hydrogen-bond donors (Lipinski definition) is 0. The van der Waals surface area contributed by atoms with Crippen LogP contribution in [-0.2, 0) is 0 Å². The molecule has 0 radical (unpaired) electrons. The lowest BCUT2D eigenvalue weighted by Crippen LogP contribution is -2.02. The summed E-state index contributed by atoms with van der Waals surface area (Å²) in [5.74, 6) is 1.88. The zero-order valence-corrected chi connectivity index (χ0v) is 28.8. The van der Waals surface area contributed by atoms with E-state index in [1.165, 1.54) is 21.5 Å². The van der Waals surface area contributed by atoms with Gasteiger partial charge in [0.05, 0.1) is 16.7 Å². The van der Waals surface area contributed by atoms with Crippen LogP contribution in [0.2, 0.25) is 0 Å². The zero-order valence-electron chi connectivity index (χ0n) is 28.8. The van der Waals surface area contributed by atoms with Gasteiger partial charge in [-0.05, 0) is 57.8 Å². The molecule has 0 saturated heterocycles. The van der Waals surface area contributed by atoms with Gasteiger partial charge in [0.15, 0.2) is 17.5 Å². The smallest absolute Gasteiger partial charge is 0.164 e. The van der Waals surface area contributed by atoms with Crippen molar-refractivity contribution >= 4 is 32.6 Å². The molecule has 0 aliphatic carbocycles. The maximum absolute atomic E-state index is 5.19.